The van der Waals surface area contributed by atoms with Crippen LogP contribution >= 0.6 is 11.6 Å². The summed E-state index contributed by atoms with van der Waals surface area (Å²) in [5.41, 5.74) is 3.96. The monoisotopic (exact) mass is 355 g/mol. The zero-order valence-electron chi connectivity index (χ0n) is 13.8. The molecule has 5 nitrogen and oxygen atoms in total. The summed E-state index contributed by atoms with van der Waals surface area (Å²) in [6.45, 7) is 2.20. The van der Waals surface area contributed by atoms with Crippen molar-refractivity contribution in [2.45, 2.75) is 18.9 Å². The molecule has 1 saturated heterocycles. The van der Waals surface area contributed by atoms with Crippen molar-refractivity contribution in [2.24, 2.45) is 0 Å². The average molecular weight is 356 g/mol. The van der Waals surface area contributed by atoms with Crippen molar-refractivity contribution < 1.29 is 10.1 Å². The van der Waals surface area contributed by atoms with Gasteiger partial charge in [0.05, 0.1) is 24.3 Å². The molecule has 3 N–H and O–H groups in total. The first-order valence-electron chi connectivity index (χ1n) is 8.54. The normalized spacial score (nSPS) is 15.2. The first-order valence-corrected chi connectivity index (χ1v) is 8.92. The summed E-state index contributed by atoms with van der Waals surface area (Å²) in [7, 11) is 0. The lowest BCUT2D eigenvalue weighted by Gasteiger charge is -2.21. The van der Waals surface area contributed by atoms with Gasteiger partial charge < -0.3 is 10.1 Å². The van der Waals surface area contributed by atoms with Gasteiger partial charge in [0.15, 0.2) is 0 Å². The molecule has 0 aliphatic carbocycles. The molecule has 0 bridgehead atoms. The third-order valence-corrected chi connectivity index (χ3v) is 4.75. The van der Waals surface area contributed by atoms with E-state index in [1.165, 1.54) is 0 Å². The molecule has 0 atom stereocenters. The van der Waals surface area contributed by atoms with Gasteiger partial charge in [-0.25, -0.2) is 0 Å². The minimum Gasteiger partial charge on any atom is -0.472 e. The Morgan fingerprint density at radius 1 is 1.00 bits per heavy atom. The zero-order valence-corrected chi connectivity index (χ0v) is 14.5. The number of aromatic amines is 1. The molecule has 1 aliphatic heterocycles. The maximum Gasteiger partial charge on any atom is 0.241 e. The molecule has 128 valence electrons. The van der Waals surface area contributed by atoms with Crippen LogP contribution in [-0.2, 0) is 0 Å². The van der Waals surface area contributed by atoms with E-state index in [-0.39, 0.29) is 6.10 Å². The van der Waals surface area contributed by atoms with E-state index in [1.54, 1.807) is 12.4 Å². The Hall–Kier alpha value is -2.37. The largest absolute Gasteiger partial charge is 0.472 e. The molecule has 0 amide bonds. The van der Waals surface area contributed by atoms with Crippen LogP contribution in [0.5, 0.6) is 5.88 Å². The highest BCUT2D eigenvalue weighted by atomic mass is 35.5. The Morgan fingerprint density at radius 3 is 2.44 bits per heavy atom. The number of quaternary nitrogens is 1. The van der Waals surface area contributed by atoms with Gasteiger partial charge in [0.1, 0.15) is 6.10 Å². The van der Waals surface area contributed by atoms with Gasteiger partial charge in [-0.15, -0.1) is 5.10 Å². The Bertz CT molecular complexity index is 826. The minimum absolute atomic E-state index is 0.215. The number of nitrogens with two attached hydrogens (primary N) is 1. The Labute approximate surface area is 151 Å². The molecule has 0 unspecified atom stereocenters. The van der Waals surface area contributed by atoms with E-state index in [9.17, 15) is 0 Å². The van der Waals surface area contributed by atoms with E-state index in [4.69, 9.17) is 16.3 Å². The van der Waals surface area contributed by atoms with Gasteiger partial charge >= 0.3 is 0 Å². The van der Waals surface area contributed by atoms with E-state index in [0.717, 1.165) is 48.3 Å². The minimum atomic E-state index is 0.215. The van der Waals surface area contributed by atoms with Crippen molar-refractivity contribution in [3.05, 3.63) is 53.8 Å². The first kappa shape index (κ1) is 16.1. The Kier molecular flexibility index (Phi) is 4.68. The predicted molar refractivity (Wildman–Crippen MR) is 97.6 cm³/mol. The maximum atomic E-state index is 6.26. The van der Waals surface area contributed by atoms with Crippen LogP contribution < -0.4 is 10.1 Å². The van der Waals surface area contributed by atoms with Crippen molar-refractivity contribution in [1.82, 2.24) is 15.2 Å². The fourth-order valence-electron chi connectivity index (χ4n) is 3.19. The summed E-state index contributed by atoms with van der Waals surface area (Å²) >= 11 is 6.03. The van der Waals surface area contributed by atoms with Crippen LogP contribution in [0, 0.1) is 0 Å². The van der Waals surface area contributed by atoms with E-state index >= 15 is 0 Å². The fourth-order valence-corrected chi connectivity index (χ4v) is 3.32. The Balaban J connectivity index is 1.75. The number of pyridine rings is 1. The second-order valence-electron chi connectivity index (χ2n) is 6.20. The molecule has 1 aromatic carbocycles. The van der Waals surface area contributed by atoms with Crippen molar-refractivity contribution in [3.8, 4) is 28.3 Å². The summed E-state index contributed by atoms with van der Waals surface area (Å²) in [5, 5.41) is 10.7. The second-order valence-corrected chi connectivity index (χ2v) is 6.64. The second kappa shape index (κ2) is 7.25. The molecule has 25 heavy (non-hydrogen) atoms. The number of ether oxygens (including phenoxy) is 1. The smallest absolute Gasteiger partial charge is 0.241 e. The lowest BCUT2D eigenvalue weighted by Crippen LogP contribution is -2.86. The summed E-state index contributed by atoms with van der Waals surface area (Å²) < 4.78 is 6.26. The number of nitrogens with zero attached hydrogens (tertiary/aromatic N) is 2. The topological polar surface area (TPSA) is 67.4 Å². The van der Waals surface area contributed by atoms with Gasteiger partial charge in [0.2, 0.25) is 5.88 Å². The molecule has 6 heteroatoms. The van der Waals surface area contributed by atoms with Gasteiger partial charge in [-0.1, -0.05) is 23.7 Å². The third-order valence-electron chi connectivity index (χ3n) is 4.50. The van der Waals surface area contributed by atoms with Crippen LogP contribution in [-0.4, -0.2) is 34.4 Å². The van der Waals surface area contributed by atoms with Crippen molar-refractivity contribution in [2.75, 3.05) is 13.1 Å². The Morgan fingerprint density at radius 2 is 1.72 bits per heavy atom. The molecule has 3 heterocycles. The molecule has 3 aromatic rings. The molecule has 2 aromatic heterocycles. The van der Waals surface area contributed by atoms with E-state index in [2.05, 4.69) is 20.5 Å². The lowest BCUT2D eigenvalue weighted by atomic mass is 10.0. The quantitative estimate of drug-likeness (QED) is 0.756. The number of piperidine rings is 1. The number of hydrogen-bond donors (Lipinski definition) is 2. The van der Waals surface area contributed by atoms with Crippen molar-refractivity contribution in [3.63, 3.8) is 0 Å². The maximum absolute atomic E-state index is 6.26. The van der Waals surface area contributed by atoms with Crippen LogP contribution in [0.4, 0.5) is 0 Å². The third kappa shape index (κ3) is 3.52. The number of rotatable bonds is 4. The highest BCUT2D eigenvalue weighted by molar-refractivity contribution is 6.30. The summed E-state index contributed by atoms with van der Waals surface area (Å²) in [4.78, 5) is 4.12. The highest BCUT2D eigenvalue weighted by Crippen LogP contribution is 2.38. The van der Waals surface area contributed by atoms with Crippen LogP contribution in [0.3, 0.4) is 0 Å². The van der Waals surface area contributed by atoms with Gasteiger partial charge in [0, 0.05) is 35.8 Å². The lowest BCUT2D eigenvalue weighted by molar-refractivity contribution is -0.664. The first-order chi connectivity index (χ1) is 12.3. The van der Waals surface area contributed by atoms with Crippen LogP contribution in [0.15, 0.2) is 48.8 Å². The van der Waals surface area contributed by atoms with E-state index < -0.39 is 0 Å². The molecular weight excluding hydrogens is 336 g/mol. The molecule has 1 aliphatic rings. The number of halogens is 1. The number of H-pyrrole nitrogens is 1. The number of aromatic nitrogens is 3. The van der Waals surface area contributed by atoms with Crippen molar-refractivity contribution >= 4 is 11.6 Å². The number of hydrogen-bond acceptors (Lipinski definition) is 3. The summed E-state index contributed by atoms with van der Waals surface area (Å²) in [5.74, 6) is 0.656. The average Bonchev–Trinajstić information content (AvgIpc) is 3.07. The molecule has 0 spiro atoms. The highest BCUT2D eigenvalue weighted by Gasteiger charge is 2.23. The van der Waals surface area contributed by atoms with Gasteiger partial charge in [-0.3, -0.25) is 10.1 Å². The van der Waals surface area contributed by atoms with Gasteiger partial charge in [0.25, 0.3) is 0 Å². The van der Waals surface area contributed by atoms with E-state index in [0.29, 0.717) is 10.9 Å². The number of benzene rings is 1. The zero-order chi connectivity index (χ0) is 17.1. The molecule has 0 radical (unpaired) electrons. The predicted octanol–water partition coefficient (Wildman–Crippen LogP) is 2.90. The standard InChI is InChI=1S/C19H19ClN4O/c20-15-3-1-14(2-4-15)18-17(13-5-9-21-10-6-13)19(24-23-18)25-16-7-11-22-12-8-16/h1-6,9-10,16,22H,7-8,11-12H2,(H,23,24)/p+1. The molecule has 1 fully saturated rings. The van der Waals surface area contributed by atoms with Crippen molar-refractivity contribution in [1.29, 1.82) is 0 Å². The van der Waals surface area contributed by atoms with Crippen LogP contribution in [0.25, 0.3) is 22.4 Å². The SMILES string of the molecule is Clc1ccc(-c2[nH]nc(OC3CC[NH2+]CC3)c2-c2ccncc2)cc1. The van der Waals surface area contributed by atoms with Crippen LogP contribution in [0.2, 0.25) is 5.02 Å². The summed E-state index contributed by atoms with van der Waals surface area (Å²) in [6.07, 6.45) is 5.87. The van der Waals surface area contributed by atoms with E-state index in [1.807, 2.05) is 36.4 Å². The fraction of sp³-hybridized carbons (Fsp3) is 0.263. The molecular formula is C19H20ClN4O+. The number of nitrogens with one attached hydrogen (secondary N) is 1. The molecule has 0 saturated carbocycles. The van der Waals surface area contributed by atoms with Crippen LogP contribution in [0.1, 0.15) is 12.8 Å². The molecule has 4 rings (SSSR count). The summed E-state index contributed by atoms with van der Waals surface area (Å²) in [6, 6.07) is 11.7. The van der Waals surface area contributed by atoms with Gasteiger partial charge in [-0.05, 0) is 29.8 Å². The van der Waals surface area contributed by atoms with Gasteiger partial charge in [-0.2, -0.15) is 0 Å².